The zero-order valence-electron chi connectivity index (χ0n) is 12.7. The van der Waals surface area contributed by atoms with Crippen LogP contribution in [0.15, 0.2) is 30.3 Å². The number of likely N-dealkylation sites (N-methyl/N-ethyl adjacent to an activating group) is 1. The van der Waals surface area contributed by atoms with E-state index in [2.05, 4.69) is 4.90 Å². The highest BCUT2D eigenvalue weighted by molar-refractivity contribution is 5.19. The number of nitrogens with zero attached hydrogens (tertiary/aromatic N) is 1. The molecular weight excluding hydrogens is 238 g/mol. The van der Waals surface area contributed by atoms with Gasteiger partial charge in [0.2, 0.25) is 0 Å². The molecule has 0 aliphatic heterocycles. The standard InChI is InChI=1S/C16H27NO2/c1-15(2,11-17(5)12-16(3,4)19)14(18)13-9-7-6-8-10-13/h6-10,14,18-19H,11-12H2,1-5H3. The SMILES string of the molecule is CN(CC(C)(C)O)CC(C)(C)C(O)c1ccccc1. The van der Waals surface area contributed by atoms with Crippen LogP contribution in [0.1, 0.15) is 39.4 Å². The number of aliphatic hydroxyl groups excluding tert-OH is 1. The molecule has 0 aliphatic rings. The summed E-state index contributed by atoms with van der Waals surface area (Å²) in [5, 5.41) is 20.3. The number of aliphatic hydroxyl groups is 2. The highest BCUT2D eigenvalue weighted by Gasteiger charge is 2.31. The van der Waals surface area contributed by atoms with Crippen LogP contribution in [0, 0.1) is 5.41 Å². The zero-order valence-corrected chi connectivity index (χ0v) is 12.7. The average molecular weight is 265 g/mol. The first kappa shape index (κ1) is 16.2. The van der Waals surface area contributed by atoms with Gasteiger partial charge in [-0.1, -0.05) is 44.2 Å². The van der Waals surface area contributed by atoms with Gasteiger partial charge in [0, 0.05) is 18.5 Å². The monoisotopic (exact) mass is 265 g/mol. The summed E-state index contributed by atoms with van der Waals surface area (Å²) >= 11 is 0. The van der Waals surface area contributed by atoms with Crippen molar-refractivity contribution in [2.45, 2.75) is 39.4 Å². The summed E-state index contributed by atoms with van der Waals surface area (Å²) < 4.78 is 0. The summed E-state index contributed by atoms with van der Waals surface area (Å²) in [4.78, 5) is 2.06. The summed E-state index contributed by atoms with van der Waals surface area (Å²) in [6.45, 7) is 8.98. The van der Waals surface area contributed by atoms with E-state index < -0.39 is 11.7 Å². The second kappa shape index (κ2) is 6.04. The van der Waals surface area contributed by atoms with Crippen molar-refractivity contribution in [3.63, 3.8) is 0 Å². The molecule has 0 saturated carbocycles. The first-order valence-corrected chi connectivity index (χ1v) is 6.76. The van der Waals surface area contributed by atoms with E-state index in [0.717, 1.165) is 5.56 Å². The van der Waals surface area contributed by atoms with Gasteiger partial charge in [0.15, 0.2) is 0 Å². The second-order valence-corrected chi connectivity index (χ2v) is 6.79. The van der Waals surface area contributed by atoms with Crippen molar-refractivity contribution < 1.29 is 10.2 Å². The van der Waals surface area contributed by atoms with Gasteiger partial charge in [-0.15, -0.1) is 0 Å². The Labute approximate surface area is 116 Å². The van der Waals surface area contributed by atoms with Gasteiger partial charge in [0.25, 0.3) is 0 Å². The Morgan fingerprint density at radius 3 is 2.05 bits per heavy atom. The molecule has 0 heterocycles. The van der Waals surface area contributed by atoms with Gasteiger partial charge in [-0.3, -0.25) is 0 Å². The van der Waals surface area contributed by atoms with Crippen LogP contribution in [-0.4, -0.2) is 40.9 Å². The minimum absolute atomic E-state index is 0.276. The first-order valence-electron chi connectivity index (χ1n) is 6.76. The molecule has 0 radical (unpaired) electrons. The van der Waals surface area contributed by atoms with E-state index in [1.807, 2.05) is 51.2 Å². The predicted molar refractivity (Wildman–Crippen MR) is 79.0 cm³/mol. The summed E-state index contributed by atoms with van der Waals surface area (Å²) in [6.07, 6.45) is -0.516. The Kier molecular flexibility index (Phi) is 5.13. The maximum absolute atomic E-state index is 10.5. The molecule has 1 aromatic rings. The molecule has 0 aliphatic carbocycles. The van der Waals surface area contributed by atoms with Gasteiger partial charge in [0.1, 0.15) is 0 Å². The zero-order chi connectivity index (χ0) is 14.7. The van der Waals surface area contributed by atoms with Crippen molar-refractivity contribution >= 4 is 0 Å². The molecule has 0 aromatic heterocycles. The third-order valence-corrected chi connectivity index (χ3v) is 3.19. The third-order valence-electron chi connectivity index (χ3n) is 3.19. The van der Waals surface area contributed by atoms with Crippen LogP contribution in [0.4, 0.5) is 0 Å². The fraction of sp³-hybridized carbons (Fsp3) is 0.625. The molecule has 3 nitrogen and oxygen atoms in total. The van der Waals surface area contributed by atoms with Crippen molar-refractivity contribution in [2.75, 3.05) is 20.1 Å². The fourth-order valence-electron chi connectivity index (χ4n) is 2.59. The minimum Gasteiger partial charge on any atom is -0.389 e. The predicted octanol–water partition coefficient (Wildman–Crippen LogP) is 2.45. The Balaban J connectivity index is 2.70. The molecule has 0 saturated heterocycles. The van der Waals surface area contributed by atoms with Crippen LogP contribution in [0.25, 0.3) is 0 Å². The molecule has 0 bridgehead atoms. The number of rotatable bonds is 6. The van der Waals surface area contributed by atoms with Crippen LogP contribution in [-0.2, 0) is 0 Å². The third kappa shape index (κ3) is 5.31. The van der Waals surface area contributed by atoms with Crippen molar-refractivity contribution in [1.29, 1.82) is 0 Å². The topological polar surface area (TPSA) is 43.7 Å². The molecule has 0 fully saturated rings. The molecule has 0 amide bonds. The lowest BCUT2D eigenvalue weighted by Crippen LogP contribution is -2.42. The maximum atomic E-state index is 10.5. The van der Waals surface area contributed by atoms with Crippen LogP contribution in [0.2, 0.25) is 0 Å². The van der Waals surface area contributed by atoms with E-state index in [0.29, 0.717) is 13.1 Å². The van der Waals surface area contributed by atoms with Crippen LogP contribution in [0.5, 0.6) is 0 Å². The maximum Gasteiger partial charge on any atom is 0.0853 e. The van der Waals surface area contributed by atoms with Gasteiger partial charge in [-0.25, -0.2) is 0 Å². The molecule has 3 heteroatoms. The van der Waals surface area contributed by atoms with E-state index in [-0.39, 0.29) is 5.41 Å². The van der Waals surface area contributed by atoms with Crippen molar-refractivity contribution in [2.24, 2.45) is 5.41 Å². The molecule has 19 heavy (non-hydrogen) atoms. The van der Waals surface area contributed by atoms with Gasteiger partial charge in [0.05, 0.1) is 11.7 Å². The summed E-state index contributed by atoms with van der Waals surface area (Å²) in [6, 6.07) is 9.72. The Bertz CT molecular complexity index is 381. The smallest absolute Gasteiger partial charge is 0.0853 e. The summed E-state index contributed by atoms with van der Waals surface area (Å²) in [5.41, 5.74) is -0.0617. The molecular formula is C16H27NO2. The summed E-state index contributed by atoms with van der Waals surface area (Å²) in [7, 11) is 1.97. The highest BCUT2D eigenvalue weighted by atomic mass is 16.3. The quantitative estimate of drug-likeness (QED) is 0.830. The van der Waals surface area contributed by atoms with Crippen LogP contribution in [0.3, 0.4) is 0 Å². The van der Waals surface area contributed by atoms with E-state index in [1.54, 1.807) is 13.8 Å². The van der Waals surface area contributed by atoms with Crippen molar-refractivity contribution in [3.8, 4) is 0 Å². The second-order valence-electron chi connectivity index (χ2n) is 6.79. The van der Waals surface area contributed by atoms with E-state index >= 15 is 0 Å². The lowest BCUT2D eigenvalue weighted by Gasteiger charge is -2.36. The molecule has 1 rings (SSSR count). The highest BCUT2D eigenvalue weighted by Crippen LogP contribution is 2.33. The largest absolute Gasteiger partial charge is 0.389 e. The summed E-state index contributed by atoms with van der Waals surface area (Å²) in [5.74, 6) is 0. The fourth-order valence-corrected chi connectivity index (χ4v) is 2.59. The minimum atomic E-state index is -0.720. The van der Waals surface area contributed by atoms with Crippen molar-refractivity contribution in [1.82, 2.24) is 4.90 Å². The van der Waals surface area contributed by atoms with E-state index in [9.17, 15) is 10.2 Å². The van der Waals surface area contributed by atoms with Gasteiger partial charge in [-0.05, 0) is 26.5 Å². The van der Waals surface area contributed by atoms with E-state index in [4.69, 9.17) is 0 Å². The van der Waals surface area contributed by atoms with Gasteiger partial charge in [-0.2, -0.15) is 0 Å². The van der Waals surface area contributed by atoms with E-state index in [1.165, 1.54) is 0 Å². The van der Waals surface area contributed by atoms with Crippen LogP contribution >= 0.6 is 0 Å². The molecule has 1 unspecified atom stereocenters. The number of hydrogen-bond donors (Lipinski definition) is 2. The average Bonchev–Trinajstić information content (AvgIpc) is 2.25. The Morgan fingerprint density at radius 2 is 1.58 bits per heavy atom. The molecule has 1 atom stereocenters. The first-order chi connectivity index (χ1) is 8.62. The van der Waals surface area contributed by atoms with Gasteiger partial charge < -0.3 is 15.1 Å². The lowest BCUT2D eigenvalue weighted by molar-refractivity contribution is -0.00346. The number of hydrogen-bond acceptors (Lipinski definition) is 3. The van der Waals surface area contributed by atoms with Crippen LogP contribution < -0.4 is 0 Å². The Hall–Kier alpha value is -0.900. The van der Waals surface area contributed by atoms with Gasteiger partial charge >= 0.3 is 0 Å². The normalized spacial score (nSPS) is 14.7. The van der Waals surface area contributed by atoms with Crippen molar-refractivity contribution in [3.05, 3.63) is 35.9 Å². The molecule has 0 spiro atoms. The Morgan fingerprint density at radius 1 is 1.05 bits per heavy atom. The molecule has 108 valence electrons. The number of benzene rings is 1. The lowest BCUT2D eigenvalue weighted by atomic mass is 9.82. The molecule has 2 N–H and O–H groups in total. The molecule has 1 aromatic carbocycles.